The molecule has 0 fully saturated rings. The number of anilines is 1. The number of carbonyl (C=O) groups is 2. The van der Waals surface area contributed by atoms with Gasteiger partial charge < -0.3 is 9.47 Å². The number of amides is 1. The first kappa shape index (κ1) is 22.3. The lowest BCUT2D eigenvalue weighted by atomic mass is 9.95. The van der Waals surface area contributed by atoms with Crippen molar-refractivity contribution in [1.82, 2.24) is 10.2 Å². The highest BCUT2D eigenvalue weighted by atomic mass is 19.1. The quantitative estimate of drug-likeness (QED) is 0.393. The van der Waals surface area contributed by atoms with E-state index in [4.69, 9.17) is 9.47 Å². The molecule has 1 aliphatic heterocycles. The first-order chi connectivity index (χ1) is 17.0. The average Bonchev–Trinajstić information content (AvgIpc) is 3.43. The van der Waals surface area contributed by atoms with Crippen molar-refractivity contribution < 1.29 is 23.5 Å². The van der Waals surface area contributed by atoms with Crippen molar-refractivity contribution in [3.63, 3.8) is 0 Å². The number of hydrogen-bond acceptors (Lipinski definition) is 5. The number of fused-ring (bicyclic) bond motifs is 1. The fraction of sp³-hybridized carbons (Fsp3) is 0.148. The van der Waals surface area contributed by atoms with E-state index in [9.17, 15) is 14.0 Å². The first-order valence-corrected chi connectivity index (χ1v) is 11.1. The zero-order valence-electron chi connectivity index (χ0n) is 19.1. The van der Waals surface area contributed by atoms with Gasteiger partial charge in [-0.25, -0.2) is 9.18 Å². The summed E-state index contributed by atoms with van der Waals surface area (Å²) in [5.41, 5.74) is 3.90. The SMILES string of the molecule is CCOC(=O)c1ccc(N2C(=O)c3[nH]nc(-c4ccc(OC)cc4)c3C2c2cccc(F)c2)cc1. The molecule has 2 heterocycles. The number of ether oxygens (including phenoxy) is 2. The Morgan fingerprint density at radius 2 is 1.83 bits per heavy atom. The fourth-order valence-corrected chi connectivity index (χ4v) is 4.35. The number of benzene rings is 3. The molecule has 8 heteroatoms. The monoisotopic (exact) mass is 471 g/mol. The third-order valence-corrected chi connectivity index (χ3v) is 5.95. The fourth-order valence-electron chi connectivity index (χ4n) is 4.35. The van der Waals surface area contributed by atoms with E-state index in [0.717, 1.165) is 5.56 Å². The molecule has 35 heavy (non-hydrogen) atoms. The van der Waals surface area contributed by atoms with Crippen LogP contribution in [0, 0.1) is 5.82 Å². The second kappa shape index (κ2) is 9.06. The lowest BCUT2D eigenvalue weighted by Gasteiger charge is -2.26. The van der Waals surface area contributed by atoms with Crippen LogP contribution in [0.1, 0.15) is 44.9 Å². The standard InChI is InChI=1S/C27H22FN3O4/c1-3-35-27(33)17-7-11-20(12-8-17)31-25(18-5-4-6-19(28)15-18)22-23(29-30-24(22)26(31)32)16-9-13-21(34-2)14-10-16/h4-15,25H,3H2,1-2H3,(H,29,30). The minimum absolute atomic E-state index is 0.266. The molecule has 5 rings (SSSR count). The van der Waals surface area contributed by atoms with Gasteiger partial charge in [-0.15, -0.1) is 0 Å². The Hall–Kier alpha value is -4.46. The number of carbonyl (C=O) groups excluding carboxylic acids is 2. The van der Waals surface area contributed by atoms with Gasteiger partial charge in [0.05, 0.1) is 31.0 Å². The zero-order valence-corrected chi connectivity index (χ0v) is 19.1. The van der Waals surface area contributed by atoms with Crippen LogP contribution in [0.2, 0.25) is 0 Å². The first-order valence-electron chi connectivity index (χ1n) is 11.1. The Morgan fingerprint density at radius 3 is 2.49 bits per heavy atom. The molecule has 0 bridgehead atoms. The smallest absolute Gasteiger partial charge is 0.338 e. The van der Waals surface area contributed by atoms with Crippen LogP contribution in [0.3, 0.4) is 0 Å². The number of halogens is 1. The van der Waals surface area contributed by atoms with Crippen LogP contribution in [-0.4, -0.2) is 35.8 Å². The second-order valence-corrected chi connectivity index (χ2v) is 7.99. The van der Waals surface area contributed by atoms with E-state index in [1.165, 1.54) is 12.1 Å². The van der Waals surface area contributed by atoms with Gasteiger partial charge in [-0.2, -0.15) is 5.10 Å². The number of aromatic amines is 1. The molecule has 4 aromatic rings. The van der Waals surface area contributed by atoms with E-state index >= 15 is 0 Å². The van der Waals surface area contributed by atoms with Crippen LogP contribution in [-0.2, 0) is 4.74 Å². The van der Waals surface area contributed by atoms with Gasteiger partial charge in [-0.1, -0.05) is 12.1 Å². The summed E-state index contributed by atoms with van der Waals surface area (Å²) in [5.74, 6) is -0.451. The Balaban J connectivity index is 1.62. The molecule has 1 amide bonds. The largest absolute Gasteiger partial charge is 0.497 e. The van der Waals surface area contributed by atoms with E-state index in [2.05, 4.69) is 10.2 Å². The van der Waals surface area contributed by atoms with Gasteiger partial charge in [0.1, 0.15) is 17.3 Å². The lowest BCUT2D eigenvalue weighted by molar-refractivity contribution is 0.0526. The van der Waals surface area contributed by atoms with E-state index in [1.807, 2.05) is 24.3 Å². The van der Waals surface area contributed by atoms with Gasteiger partial charge >= 0.3 is 5.97 Å². The van der Waals surface area contributed by atoms with Crippen molar-refractivity contribution in [1.29, 1.82) is 0 Å². The summed E-state index contributed by atoms with van der Waals surface area (Å²) in [5, 5.41) is 7.31. The van der Waals surface area contributed by atoms with Crippen molar-refractivity contribution in [2.45, 2.75) is 13.0 Å². The van der Waals surface area contributed by atoms with Crippen LogP contribution in [0.4, 0.5) is 10.1 Å². The number of H-pyrrole nitrogens is 1. The Labute approximate surface area is 201 Å². The van der Waals surface area contributed by atoms with E-state index < -0.39 is 17.8 Å². The summed E-state index contributed by atoms with van der Waals surface area (Å²) in [4.78, 5) is 27.2. The minimum atomic E-state index is -0.627. The summed E-state index contributed by atoms with van der Waals surface area (Å²) in [6.07, 6.45) is 0. The number of nitrogens with one attached hydrogen (secondary N) is 1. The van der Waals surface area contributed by atoms with Crippen molar-refractivity contribution in [3.8, 4) is 17.0 Å². The predicted molar refractivity (Wildman–Crippen MR) is 128 cm³/mol. The van der Waals surface area contributed by atoms with E-state index in [-0.39, 0.29) is 12.5 Å². The molecule has 1 aliphatic rings. The molecule has 0 saturated heterocycles. The molecular weight excluding hydrogens is 449 g/mol. The summed E-state index contributed by atoms with van der Waals surface area (Å²) in [7, 11) is 1.59. The van der Waals surface area contributed by atoms with E-state index in [1.54, 1.807) is 55.3 Å². The molecule has 1 atom stereocenters. The molecule has 1 aromatic heterocycles. The van der Waals surface area contributed by atoms with Crippen LogP contribution in [0.5, 0.6) is 5.75 Å². The Morgan fingerprint density at radius 1 is 1.09 bits per heavy atom. The molecule has 1 unspecified atom stereocenters. The van der Waals surface area contributed by atoms with Crippen molar-refractivity contribution in [2.75, 3.05) is 18.6 Å². The number of nitrogens with zero attached hydrogens (tertiary/aromatic N) is 2. The number of hydrogen-bond donors (Lipinski definition) is 1. The molecule has 0 aliphatic carbocycles. The number of esters is 1. The van der Waals surface area contributed by atoms with Gasteiger partial charge in [0.25, 0.3) is 5.91 Å². The molecule has 3 aromatic carbocycles. The maximum Gasteiger partial charge on any atom is 0.338 e. The number of aromatic nitrogens is 2. The molecule has 176 valence electrons. The number of methoxy groups -OCH3 is 1. The molecular formula is C27H22FN3O4. The van der Waals surface area contributed by atoms with Gasteiger partial charge in [-0.05, 0) is 73.2 Å². The van der Waals surface area contributed by atoms with Crippen LogP contribution < -0.4 is 9.64 Å². The van der Waals surface area contributed by atoms with Gasteiger partial charge in [-0.3, -0.25) is 14.8 Å². The second-order valence-electron chi connectivity index (χ2n) is 7.99. The highest BCUT2D eigenvalue weighted by molar-refractivity contribution is 6.12. The summed E-state index contributed by atoms with van der Waals surface area (Å²) >= 11 is 0. The van der Waals surface area contributed by atoms with Gasteiger partial charge in [0.2, 0.25) is 0 Å². The van der Waals surface area contributed by atoms with Crippen molar-refractivity contribution in [2.24, 2.45) is 0 Å². The topological polar surface area (TPSA) is 84.5 Å². The maximum absolute atomic E-state index is 14.3. The lowest BCUT2D eigenvalue weighted by Crippen LogP contribution is -2.29. The van der Waals surface area contributed by atoms with Crippen molar-refractivity contribution >= 4 is 17.6 Å². The van der Waals surface area contributed by atoms with Gasteiger partial charge in [0.15, 0.2) is 0 Å². The number of rotatable bonds is 6. The van der Waals surface area contributed by atoms with Crippen LogP contribution in [0.25, 0.3) is 11.3 Å². The third-order valence-electron chi connectivity index (χ3n) is 5.95. The summed E-state index contributed by atoms with van der Waals surface area (Å²) in [6.45, 7) is 2.00. The molecule has 0 radical (unpaired) electrons. The molecule has 0 spiro atoms. The maximum atomic E-state index is 14.3. The normalized spacial score (nSPS) is 14.7. The summed E-state index contributed by atoms with van der Waals surface area (Å²) in [6, 6.07) is 19.5. The predicted octanol–water partition coefficient (Wildman–Crippen LogP) is 5.15. The molecule has 0 saturated carbocycles. The highest BCUT2D eigenvalue weighted by Crippen LogP contribution is 2.45. The van der Waals surface area contributed by atoms with Crippen LogP contribution in [0.15, 0.2) is 72.8 Å². The highest BCUT2D eigenvalue weighted by Gasteiger charge is 2.43. The summed E-state index contributed by atoms with van der Waals surface area (Å²) < 4.78 is 24.6. The zero-order chi connectivity index (χ0) is 24.5. The molecule has 1 N–H and O–H groups in total. The Kier molecular flexibility index (Phi) is 5.78. The van der Waals surface area contributed by atoms with Crippen LogP contribution >= 0.6 is 0 Å². The van der Waals surface area contributed by atoms with Gasteiger partial charge in [0, 0.05) is 16.8 Å². The van der Waals surface area contributed by atoms with E-state index in [0.29, 0.717) is 39.5 Å². The minimum Gasteiger partial charge on any atom is -0.497 e. The Bertz CT molecular complexity index is 1400. The average molecular weight is 471 g/mol. The molecule has 7 nitrogen and oxygen atoms in total. The third kappa shape index (κ3) is 3.93. The van der Waals surface area contributed by atoms with Crippen molar-refractivity contribution in [3.05, 3.63) is 101 Å².